The number of rotatable bonds is 4. The van der Waals surface area contributed by atoms with Crippen molar-refractivity contribution in [3.8, 4) is 0 Å². The number of aryl methyl sites for hydroxylation is 1. The number of fused-ring (bicyclic) bond motifs is 1. The Bertz CT molecular complexity index is 747. The maximum atomic E-state index is 12.0. The van der Waals surface area contributed by atoms with Crippen LogP contribution in [-0.2, 0) is 15.4 Å². The van der Waals surface area contributed by atoms with Gasteiger partial charge in [-0.3, -0.25) is 4.79 Å². The number of carbonyl (C=O) groups excluding carboxylic acids is 1. The third-order valence-corrected chi connectivity index (χ3v) is 5.64. The fourth-order valence-corrected chi connectivity index (χ4v) is 4.10. The van der Waals surface area contributed by atoms with E-state index >= 15 is 0 Å². The van der Waals surface area contributed by atoms with Crippen molar-refractivity contribution < 1.29 is 8.98 Å². The molecule has 5 heteroatoms. The van der Waals surface area contributed by atoms with Crippen LogP contribution in [0.15, 0.2) is 36.7 Å². The highest BCUT2D eigenvalue weighted by molar-refractivity contribution is 7.95. The number of aromatic nitrogens is 1. The summed E-state index contributed by atoms with van der Waals surface area (Å²) in [5.74, 6) is 0.0906. The van der Waals surface area contributed by atoms with Gasteiger partial charge in [0.15, 0.2) is 5.78 Å². The van der Waals surface area contributed by atoms with Crippen molar-refractivity contribution in [1.82, 2.24) is 10.3 Å². The first kappa shape index (κ1) is 14.8. The Labute approximate surface area is 139 Å². The van der Waals surface area contributed by atoms with Crippen LogP contribution in [-0.4, -0.2) is 23.4 Å². The molecule has 4 rings (SSSR count). The van der Waals surface area contributed by atoms with Gasteiger partial charge in [0.2, 0.25) is 0 Å². The first-order valence-electron chi connectivity index (χ1n) is 8.17. The van der Waals surface area contributed by atoms with E-state index in [-0.39, 0.29) is 11.0 Å². The number of nitrogens with one attached hydrogen (secondary N) is 2. The summed E-state index contributed by atoms with van der Waals surface area (Å²) in [5.41, 5.74) is 3.48. The molecule has 0 bridgehead atoms. The van der Waals surface area contributed by atoms with Crippen LogP contribution in [0.1, 0.15) is 35.6 Å². The zero-order valence-electron chi connectivity index (χ0n) is 12.9. The van der Waals surface area contributed by atoms with Crippen LogP contribution >= 0.6 is 12.0 Å². The molecule has 2 N–H and O–H groups in total. The van der Waals surface area contributed by atoms with E-state index in [1.807, 2.05) is 6.07 Å². The van der Waals surface area contributed by atoms with Crippen molar-refractivity contribution in [3.63, 3.8) is 0 Å². The summed E-state index contributed by atoms with van der Waals surface area (Å²) in [7, 11) is 0. The summed E-state index contributed by atoms with van der Waals surface area (Å²) in [6.07, 6.45) is 9.87. The summed E-state index contributed by atoms with van der Waals surface area (Å²) < 4.78 is 5.24. The van der Waals surface area contributed by atoms with Crippen molar-refractivity contribution in [2.75, 3.05) is 6.54 Å². The van der Waals surface area contributed by atoms with Crippen molar-refractivity contribution in [3.05, 3.63) is 47.9 Å². The van der Waals surface area contributed by atoms with Crippen LogP contribution in [0.2, 0.25) is 0 Å². The molecule has 0 saturated carbocycles. The van der Waals surface area contributed by atoms with Gasteiger partial charge in [0, 0.05) is 29.2 Å². The lowest BCUT2D eigenvalue weighted by atomic mass is 10.0. The molecule has 0 aliphatic carbocycles. The zero-order chi connectivity index (χ0) is 15.6. The van der Waals surface area contributed by atoms with Crippen LogP contribution in [0.5, 0.6) is 0 Å². The Morgan fingerprint density at radius 2 is 2.30 bits per heavy atom. The molecular formula is C18H20N2O2S. The standard InChI is InChI=1S/C18H20N2O2S/c21-17-7-9-22-23-18(17)12-4-6-16-15(10-12)13(11-20-16)3-5-14-2-1-8-19-14/h4,6-7,9-11,14,18-20H,1-3,5,8H2. The molecule has 0 spiro atoms. The number of hydrogen-bond donors (Lipinski definition) is 2. The summed E-state index contributed by atoms with van der Waals surface area (Å²) >= 11 is 1.22. The molecule has 0 amide bonds. The van der Waals surface area contributed by atoms with E-state index in [1.165, 1.54) is 54.6 Å². The highest BCUT2D eigenvalue weighted by Crippen LogP contribution is 2.36. The minimum atomic E-state index is -0.261. The number of carbonyl (C=O) groups is 1. The van der Waals surface area contributed by atoms with Crippen LogP contribution < -0.4 is 5.32 Å². The topological polar surface area (TPSA) is 54.1 Å². The number of H-pyrrole nitrogens is 1. The van der Waals surface area contributed by atoms with Gasteiger partial charge in [0.1, 0.15) is 11.5 Å². The van der Waals surface area contributed by atoms with E-state index in [0.29, 0.717) is 6.04 Å². The maximum absolute atomic E-state index is 12.0. The summed E-state index contributed by atoms with van der Waals surface area (Å²) in [5, 5.41) is 4.52. The molecule has 2 atom stereocenters. The highest BCUT2D eigenvalue weighted by atomic mass is 32.2. The highest BCUT2D eigenvalue weighted by Gasteiger charge is 2.24. The molecule has 2 aromatic rings. The van der Waals surface area contributed by atoms with Crippen LogP contribution in [0.3, 0.4) is 0 Å². The Hall–Kier alpha value is -1.72. The second kappa shape index (κ2) is 6.42. The van der Waals surface area contributed by atoms with Crippen molar-refractivity contribution in [2.24, 2.45) is 0 Å². The number of hydrogen-bond acceptors (Lipinski definition) is 4. The minimum absolute atomic E-state index is 0.0906. The van der Waals surface area contributed by atoms with E-state index in [0.717, 1.165) is 24.0 Å². The number of allylic oxidation sites excluding steroid dienone is 1. The number of aromatic amines is 1. The Morgan fingerprint density at radius 1 is 1.35 bits per heavy atom. The molecule has 4 nitrogen and oxygen atoms in total. The lowest BCUT2D eigenvalue weighted by Crippen LogP contribution is -2.21. The molecule has 2 aliphatic rings. The molecule has 1 aromatic heterocycles. The summed E-state index contributed by atoms with van der Waals surface area (Å²) in [4.78, 5) is 15.4. The van der Waals surface area contributed by atoms with Crippen molar-refractivity contribution in [2.45, 2.75) is 37.0 Å². The molecule has 1 saturated heterocycles. The van der Waals surface area contributed by atoms with Gasteiger partial charge in [-0.05, 0) is 55.5 Å². The number of ketones is 1. The smallest absolute Gasteiger partial charge is 0.179 e. The fraction of sp³-hybridized carbons (Fsp3) is 0.389. The largest absolute Gasteiger partial charge is 0.432 e. The van der Waals surface area contributed by atoms with Crippen LogP contribution in [0.4, 0.5) is 0 Å². The first-order valence-corrected chi connectivity index (χ1v) is 8.97. The predicted octanol–water partition coefficient (Wildman–Crippen LogP) is 3.65. The van der Waals surface area contributed by atoms with Gasteiger partial charge in [0.05, 0.1) is 12.0 Å². The van der Waals surface area contributed by atoms with Gasteiger partial charge in [-0.15, -0.1) is 0 Å². The van der Waals surface area contributed by atoms with Gasteiger partial charge in [0.25, 0.3) is 0 Å². The normalized spacial score (nSPS) is 24.3. The molecule has 1 aromatic carbocycles. The second-order valence-electron chi connectivity index (χ2n) is 6.23. The predicted molar refractivity (Wildman–Crippen MR) is 93.2 cm³/mol. The molecule has 2 unspecified atom stereocenters. The van der Waals surface area contributed by atoms with Crippen molar-refractivity contribution in [1.29, 1.82) is 0 Å². The quantitative estimate of drug-likeness (QED) is 0.841. The first-order chi connectivity index (χ1) is 11.3. The fourth-order valence-electron chi connectivity index (χ4n) is 3.44. The number of benzene rings is 1. The molecule has 120 valence electrons. The van der Waals surface area contributed by atoms with Gasteiger partial charge in [-0.1, -0.05) is 6.07 Å². The molecule has 3 heterocycles. The van der Waals surface area contributed by atoms with E-state index in [9.17, 15) is 4.79 Å². The molecular weight excluding hydrogens is 308 g/mol. The summed E-state index contributed by atoms with van der Waals surface area (Å²) in [6, 6.07) is 6.87. The summed E-state index contributed by atoms with van der Waals surface area (Å²) in [6.45, 7) is 1.15. The van der Waals surface area contributed by atoms with E-state index in [4.69, 9.17) is 4.18 Å². The van der Waals surface area contributed by atoms with Gasteiger partial charge >= 0.3 is 0 Å². The van der Waals surface area contributed by atoms with E-state index in [2.05, 4.69) is 28.6 Å². The average molecular weight is 328 g/mol. The van der Waals surface area contributed by atoms with E-state index < -0.39 is 0 Å². The molecule has 2 aliphatic heterocycles. The second-order valence-corrected chi connectivity index (χ2v) is 7.08. The SMILES string of the molecule is O=C1C=COSC1c1ccc2[nH]cc(CCC3CCCN3)c2c1. The Morgan fingerprint density at radius 3 is 3.13 bits per heavy atom. The van der Waals surface area contributed by atoms with Gasteiger partial charge < -0.3 is 14.5 Å². The molecule has 23 heavy (non-hydrogen) atoms. The lowest BCUT2D eigenvalue weighted by Gasteiger charge is -2.16. The van der Waals surface area contributed by atoms with Crippen LogP contribution in [0, 0.1) is 0 Å². The minimum Gasteiger partial charge on any atom is -0.432 e. The van der Waals surface area contributed by atoms with Crippen molar-refractivity contribution >= 4 is 28.7 Å². The van der Waals surface area contributed by atoms with Gasteiger partial charge in [-0.2, -0.15) is 0 Å². The molecule has 1 fully saturated rings. The monoisotopic (exact) mass is 328 g/mol. The third kappa shape index (κ3) is 3.03. The van der Waals surface area contributed by atoms with Crippen LogP contribution in [0.25, 0.3) is 10.9 Å². The average Bonchev–Trinajstić information content (AvgIpc) is 3.22. The molecule has 0 radical (unpaired) electrons. The zero-order valence-corrected chi connectivity index (χ0v) is 13.7. The maximum Gasteiger partial charge on any atom is 0.179 e. The van der Waals surface area contributed by atoms with Gasteiger partial charge in [-0.25, -0.2) is 0 Å². The third-order valence-electron chi connectivity index (χ3n) is 4.72. The Balaban J connectivity index is 1.58. The lowest BCUT2D eigenvalue weighted by molar-refractivity contribution is -0.114. The Kier molecular flexibility index (Phi) is 4.14. The van der Waals surface area contributed by atoms with E-state index in [1.54, 1.807) is 0 Å².